The van der Waals surface area contributed by atoms with E-state index in [1.807, 2.05) is 6.07 Å². The summed E-state index contributed by atoms with van der Waals surface area (Å²) >= 11 is 5.98. The van der Waals surface area contributed by atoms with Crippen LogP contribution in [0.15, 0.2) is 42.5 Å². The second-order valence-electron chi connectivity index (χ2n) is 4.22. The van der Waals surface area contributed by atoms with Crippen molar-refractivity contribution in [2.24, 2.45) is 0 Å². The smallest absolute Gasteiger partial charge is 0.251 e. The second kappa shape index (κ2) is 5.76. The first-order valence-electron chi connectivity index (χ1n) is 5.90. The summed E-state index contributed by atoms with van der Waals surface area (Å²) in [6.07, 6.45) is 0. The van der Waals surface area contributed by atoms with Gasteiger partial charge in [0, 0.05) is 22.7 Å². The Morgan fingerprint density at radius 2 is 1.95 bits per heavy atom. The van der Waals surface area contributed by atoms with E-state index in [0.717, 1.165) is 5.56 Å². The Morgan fingerprint density at radius 3 is 2.68 bits per heavy atom. The SMILES string of the molecule is Cc1c(Cl)cccc1C(=O)NCc1ccccc1O. The minimum Gasteiger partial charge on any atom is -0.508 e. The number of phenolic OH excluding ortho intramolecular Hbond substituents is 1. The quantitative estimate of drug-likeness (QED) is 0.903. The molecule has 0 atom stereocenters. The third-order valence-corrected chi connectivity index (χ3v) is 3.35. The Hall–Kier alpha value is -2.00. The summed E-state index contributed by atoms with van der Waals surface area (Å²) in [6, 6.07) is 12.1. The number of hydrogen-bond donors (Lipinski definition) is 2. The van der Waals surface area contributed by atoms with Crippen LogP contribution in [0, 0.1) is 6.92 Å². The van der Waals surface area contributed by atoms with Crippen molar-refractivity contribution >= 4 is 17.5 Å². The predicted molar refractivity (Wildman–Crippen MR) is 75.5 cm³/mol. The van der Waals surface area contributed by atoms with Gasteiger partial charge < -0.3 is 10.4 Å². The predicted octanol–water partition coefficient (Wildman–Crippen LogP) is 3.28. The summed E-state index contributed by atoms with van der Waals surface area (Å²) < 4.78 is 0. The fraction of sp³-hybridized carbons (Fsp3) is 0.133. The van der Waals surface area contributed by atoms with Gasteiger partial charge in [0.25, 0.3) is 5.91 Å². The fourth-order valence-corrected chi connectivity index (χ4v) is 1.96. The highest BCUT2D eigenvalue weighted by Gasteiger charge is 2.11. The van der Waals surface area contributed by atoms with Crippen LogP contribution in [0.25, 0.3) is 0 Å². The fourth-order valence-electron chi connectivity index (χ4n) is 1.78. The molecule has 2 rings (SSSR count). The Balaban J connectivity index is 2.10. The lowest BCUT2D eigenvalue weighted by Gasteiger charge is -2.09. The molecule has 1 amide bonds. The molecule has 0 saturated heterocycles. The minimum atomic E-state index is -0.205. The Bertz CT molecular complexity index is 611. The van der Waals surface area contributed by atoms with E-state index in [0.29, 0.717) is 16.1 Å². The van der Waals surface area contributed by atoms with E-state index in [9.17, 15) is 9.90 Å². The number of carbonyl (C=O) groups excluding carboxylic acids is 1. The van der Waals surface area contributed by atoms with Crippen molar-refractivity contribution in [3.63, 3.8) is 0 Å². The van der Waals surface area contributed by atoms with Gasteiger partial charge in [-0.2, -0.15) is 0 Å². The summed E-state index contributed by atoms with van der Waals surface area (Å²) in [5.41, 5.74) is 1.97. The van der Waals surface area contributed by atoms with Crippen LogP contribution in [0.4, 0.5) is 0 Å². The maximum Gasteiger partial charge on any atom is 0.251 e. The van der Waals surface area contributed by atoms with Crippen molar-refractivity contribution in [1.29, 1.82) is 0 Å². The van der Waals surface area contributed by atoms with Gasteiger partial charge in [-0.3, -0.25) is 4.79 Å². The molecular formula is C15H14ClNO2. The molecule has 0 unspecified atom stereocenters. The molecule has 0 fully saturated rings. The molecule has 2 aromatic rings. The third kappa shape index (κ3) is 3.06. The minimum absolute atomic E-state index is 0.172. The number of halogens is 1. The Labute approximate surface area is 116 Å². The van der Waals surface area contributed by atoms with Gasteiger partial charge in [0.2, 0.25) is 0 Å². The van der Waals surface area contributed by atoms with E-state index < -0.39 is 0 Å². The molecule has 4 heteroatoms. The number of carbonyl (C=O) groups is 1. The van der Waals surface area contributed by atoms with Crippen LogP contribution in [-0.2, 0) is 6.54 Å². The zero-order valence-electron chi connectivity index (χ0n) is 10.5. The molecule has 2 aromatic carbocycles. The van der Waals surface area contributed by atoms with E-state index in [1.165, 1.54) is 0 Å². The molecule has 0 aliphatic carbocycles. The van der Waals surface area contributed by atoms with Crippen molar-refractivity contribution in [2.45, 2.75) is 13.5 Å². The number of para-hydroxylation sites is 1. The number of amides is 1. The van der Waals surface area contributed by atoms with Gasteiger partial charge >= 0.3 is 0 Å². The molecule has 0 saturated carbocycles. The highest BCUT2D eigenvalue weighted by Crippen LogP contribution is 2.19. The molecule has 0 spiro atoms. The number of phenols is 1. The van der Waals surface area contributed by atoms with E-state index in [4.69, 9.17) is 11.6 Å². The summed E-state index contributed by atoms with van der Waals surface area (Å²) in [5, 5.41) is 13.0. The summed E-state index contributed by atoms with van der Waals surface area (Å²) in [6.45, 7) is 2.08. The number of nitrogens with one attached hydrogen (secondary N) is 1. The molecule has 3 nitrogen and oxygen atoms in total. The summed E-state index contributed by atoms with van der Waals surface area (Å²) in [7, 11) is 0. The van der Waals surface area contributed by atoms with E-state index in [1.54, 1.807) is 43.3 Å². The first kappa shape index (κ1) is 13.4. The normalized spacial score (nSPS) is 10.2. The molecule has 2 N–H and O–H groups in total. The van der Waals surface area contributed by atoms with Gasteiger partial charge in [-0.25, -0.2) is 0 Å². The summed E-state index contributed by atoms with van der Waals surface area (Å²) in [5.74, 6) is -0.0335. The number of aromatic hydroxyl groups is 1. The maximum absolute atomic E-state index is 12.1. The number of hydrogen-bond acceptors (Lipinski definition) is 2. The van der Waals surface area contributed by atoms with Gasteiger partial charge in [-0.05, 0) is 30.7 Å². The monoisotopic (exact) mass is 275 g/mol. The van der Waals surface area contributed by atoms with E-state index in [2.05, 4.69) is 5.32 Å². The molecule has 0 bridgehead atoms. The highest BCUT2D eigenvalue weighted by atomic mass is 35.5. The van der Waals surface area contributed by atoms with Crippen molar-refractivity contribution in [3.8, 4) is 5.75 Å². The first-order valence-corrected chi connectivity index (χ1v) is 6.27. The average Bonchev–Trinajstić information content (AvgIpc) is 2.40. The largest absolute Gasteiger partial charge is 0.508 e. The highest BCUT2D eigenvalue weighted by molar-refractivity contribution is 6.31. The van der Waals surface area contributed by atoms with Crippen molar-refractivity contribution < 1.29 is 9.90 Å². The molecule has 0 heterocycles. The molecular weight excluding hydrogens is 262 g/mol. The van der Waals surface area contributed by atoms with Gasteiger partial charge in [0.15, 0.2) is 0 Å². The van der Waals surface area contributed by atoms with Gasteiger partial charge in [0.1, 0.15) is 5.75 Å². The standard InChI is InChI=1S/C15H14ClNO2/c1-10-12(6-4-7-13(10)16)15(19)17-9-11-5-2-3-8-14(11)18/h2-8,18H,9H2,1H3,(H,17,19). The lowest BCUT2D eigenvalue weighted by Crippen LogP contribution is -2.23. The Kier molecular flexibility index (Phi) is 4.07. The van der Waals surface area contributed by atoms with Crippen LogP contribution in [0.2, 0.25) is 5.02 Å². The van der Waals surface area contributed by atoms with E-state index in [-0.39, 0.29) is 18.2 Å². The molecule has 98 valence electrons. The third-order valence-electron chi connectivity index (χ3n) is 2.94. The number of rotatable bonds is 3. The maximum atomic E-state index is 12.1. The van der Waals surface area contributed by atoms with Crippen LogP contribution in [0.1, 0.15) is 21.5 Å². The van der Waals surface area contributed by atoms with Crippen LogP contribution in [-0.4, -0.2) is 11.0 Å². The van der Waals surface area contributed by atoms with Crippen molar-refractivity contribution in [1.82, 2.24) is 5.32 Å². The van der Waals surface area contributed by atoms with Gasteiger partial charge in [-0.1, -0.05) is 35.9 Å². The molecule has 19 heavy (non-hydrogen) atoms. The van der Waals surface area contributed by atoms with Crippen molar-refractivity contribution in [3.05, 3.63) is 64.2 Å². The van der Waals surface area contributed by atoms with Gasteiger partial charge in [0.05, 0.1) is 0 Å². The average molecular weight is 276 g/mol. The second-order valence-corrected chi connectivity index (χ2v) is 4.63. The van der Waals surface area contributed by atoms with Gasteiger partial charge in [-0.15, -0.1) is 0 Å². The van der Waals surface area contributed by atoms with Crippen molar-refractivity contribution in [2.75, 3.05) is 0 Å². The molecule has 0 aliphatic heterocycles. The van der Waals surface area contributed by atoms with Crippen LogP contribution >= 0.6 is 11.6 Å². The topological polar surface area (TPSA) is 49.3 Å². The number of benzene rings is 2. The van der Waals surface area contributed by atoms with E-state index >= 15 is 0 Å². The lowest BCUT2D eigenvalue weighted by molar-refractivity contribution is 0.0950. The van der Waals surface area contributed by atoms with Crippen LogP contribution < -0.4 is 5.32 Å². The molecule has 0 aromatic heterocycles. The molecule has 0 radical (unpaired) electrons. The van der Waals surface area contributed by atoms with Crippen LogP contribution in [0.3, 0.4) is 0 Å². The lowest BCUT2D eigenvalue weighted by atomic mass is 10.1. The zero-order valence-corrected chi connectivity index (χ0v) is 11.2. The molecule has 0 aliphatic rings. The summed E-state index contributed by atoms with van der Waals surface area (Å²) in [4.78, 5) is 12.1. The van der Waals surface area contributed by atoms with Crippen LogP contribution in [0.5, 0.6) is 5.75 Å². The first-order chi connectivity index (χ1) is 9.09. The Morgan fingerprint density at radius 1 is 1.21 bits per heavy atom. The zero-order chi connectivity index (χ0) is 13.8.